The molecule has 0 aromatic carbocycles. The van der Waals surface area contributed by atoms with Crippen LogP contribution in [-0.4, -0.2) is 14.9 Å². The molecule has 0 bridgehead atoms. The van der Waals surface area contributed by atoms with Crippen LogP contribution in [0.4, 0.5) is 4.39 Å². The number of hydrogen-bond acceptors (Lipinski definition) is 3. The molecule has 0 unspecified atom stereocenters. The van der Waals surface area contributed by atoms with Crippen LogP contribution in [-0.2, 0) is 0 Å². The highest BCUT2D eigenvalue weighted by molar-refractivity contribution is 7.99. The lowest BCUT2D eigenvalue weighted by atomic mass is 10.1. The first-order valence-electron chi connectivity index (χ1n) is 6.74. The van der Waals surface area contributed by atoms with Crippen molar-refractivity contribution < 1.29 is 4.39 Å². The van der Waals surface area contributed by atoms with E-state index >= 15 is 0 Å². The molecule has 2 aromatic rings. The van der Waals surface area contributed by atoms with E-state index in [0.717, 1.165) is 11.3 Å². The third-order valence-electron chi connectivity index (χ3n) is 3.03. The van der Waals surface area contributed by atoms with E-state index in [1.54, 1.807) is 13.0 Å². The van der Waals surface area contributed by atoms with Gasteiger partial charge in [-0.1, -0.05) is 0 Å². The quantitative estimate of drug-likeness (QED) is 0.620. The van der Waals surface area contributed by atoms with Crippen molar-refractivity contribution in [1.29, 1.82) is 0 Å². The Morgan fingerprint density at radius 2 is 2.00 bits per heavy atom. The van der Waals surface area contributed by atoms with Crippen LogP contribution in [0.15, 0.2) is 33.6 Å². The number of aromatic nitrogens is 1. The molecule has 0 aliphatic heterocycles. The average Bonchev–Trinajstić information content (AvgIpc) is 2.40. The highest BCUT2D eigenvalue weighted by atomic mass is 32.2. The summed E-state index contributed by atoms with van der Waals surface area (Å²) >= 11 is 1.48. The number of hydrogen-bond donors (Lipinski definition) is 0. The van der Waals surface area contributed by atoms with E-state index in [1.807, 2.05) is 13.0 Å². The maximum Gasteiger partial charge on any atom is 0.258 e. The van der Waals surface area contributed by atoms with Gasteiger partial charge in [-0.05, 0) is 64.8 Å². The minimum Gasteiger partial charge on any atom is -0.281 e. The Bertz CT molecular complexity index is 772. The number of nitrogens with zero attached hydrogens (tertiary/aromatic N) is 2. The van der Waals surface area contributed by atoms with Gasteiger partial charge in [-0.15, -0.1) is 0 Å². The Morgan fingerprint density at radius 1 is 1.33 bits per heavy atom. The molecular formula is C16H19FN2OS. The summed E-state index contributed by atoms with van der Waals surface area (Å²) in [4.78, 5) is 12.3. The van der Waals surface area contributed by atoms with E-state index in [2.05, 4.69) is 25.2 Å². The predicted molar refractivity (Wildman–Crippen MR) is 87.9 cm³/mol. The lowest BCUT2D eigenvalue weighted by molar-refractivity contribution is 0.618. The van der Waals surface area contributed by atoms with Crippen LogP contribution in [0, 0.1) is 12.7 Å². The maximum absolute atomic E-state index is 13.3. The second-order valence-corrected chi connectivity index (χ2v) is 7.60. The molecule has 2 aromatic heterocycles. The average molecular weight is 306 g/mol. The lowest BCUT2D eigenvalue weighted by Gasteiger charge is -2.14. The number of fused-ring (bicyclic) bond motifs is 1. The summed E-state index contributed by atoms with van der Waals surface area (Å²) in [6.45, 7) is 9.88. The summed E-state index contributed by atoms with van der Waals surface area (Å²) in [5.41, 5.74) is 2.64. The normalized spacial score (nSPS) is 13.0. The number of halogens is 1. The monoisotopic (exact) mass is 306 g/mol. The molecule has 2 heterocycles. The van der Waals surface area contributed by atoms with Crippen LogP contribution in [0.2, 0.25) is 0 Å². The molecule has 3 nitrogen and oxygen atoms in total. The van der Waals surface area contributed by atoms with E-state index in [1.165, 1.54) is 28.6 Å². The van der Waals surface area contributed by atoms with Gasteiger partial charge in [-0.25, -0.2) is 8.79 Å². The Kier molecular flexibility index (Phi) is 4.23. The van der Waals surface area contributed by atoms with Gasteiger partial charge in [0.25, 0.3) is 5.56 Å². The fraction of sp³-hybridized carbons (Fsp3) is 0.375. The Balaban J connectivity index is 2.58. The van der Waals surface area contributed by atoms with E-state index < -0.39 is 5.82 Å². The molecule has 0 amide bonds. The van der Waals surface area contributed by atoms with Gasteiger partial charge in [0.2, 0.25) is 0 Å². The highest BCUT2D eigenvalue weighted by Gasteiger charge is 2.13. The van der Waals surface area contributed by atoms with Crippen LogP contribution in [0.3, 0.4) is 0 Å². The van der Waals surface area contributed by atoms with Crippen LogP contribution in [0.25, 0.3) is 5.52 Å². The second kappa shape index (κ2) is 5.64. The van der Waals surface area contributed by atoms with Crippen molar-refractivity contribution in [3.8, 4) is 0 Å². The third-order valence-corrected chi connectivity index (χ3v) is 3.94. The van der Waals surface area contributed by atoms with E-state index in [-0.39, 0.29) is 10.3 Å². The first kappa shape index (κ1) is 15.8. The molecule has 0 aliphatic rings. The van der Waals surface area contributed by atoms with Crippen molar-refractivity contribution >= 4 is 23.2 Å². The molecule has 0 atom stereocenters. The van der Waals surface area contributed by atoms with Gasteiger partial charge in [0.15, 0.2) is 0 Å². The van der Waals surface area contributed by atoms with Crippen molar-refractivity contribution in [2.24, 2.45) is 4.40 Å². The van der Waals surface area contributed by atoms with Gasteiger partial charge in [0.1, 0.15) is 5.82 Å². The van der Waals surface area contributed by atoms with Gasteiger partial charge >= 0.3 is 0 Å². The topological polar surface area (TPSA) is 33.8 Å². The Labute approximate surface area is 128 Å². The van der Waals surface area contributed by atoms with Gasteiger partial charge in [-0.2, -0.15) is 0 Å². The van der Waals surface area contributed by atoms with Crippen LogP contribution in [0.1, 0.15) is 38.8 Å². The van der Waals surface area contributed by atoms with Crippen molar-refractivity contribution in [2.75, 3.05) is 0 Å². The standard InChI is InChI=1S/C16H19FN2OS/c1-10-14(11(2)18-21-16(3,4)5)8-13-7-6-12(17)9-19(13)15(10)20/h6-9H,1-5H3. The molecule has 112 valence electrons. The SMILES string of the molecule is CC(=NSC(C)(C)C)c1cc2ccc(F)cn2c(=O)c1C. The molecule has 2 rings (SSSR count). The van der Waals surface area contributed by atoms with Gasteiger partial charge in [0.05, 0.1) is 5.71 Å². The zero-order valence-corrected chi connectivity index (χ0v) is 13.7. The summed E-state index contributed by atoms with van der Waals surface area (Å²) in [5.74, 6) is -0.426. The molecule has 5 heteroatoms. The number of rotatable bonds is 2. The molecule has 0 N–H and O–H groups in total. The first-order chi connectivity index (χ1) is 9.69. The highest BCUT2D eigenvalue weighted by Crippen LogP contribution is 2.25. The van der Waals surface area contributed by atoms with Gasteiger partial charge < -0.3 is 0 Å². The van der Waals surface area contributed by atoms with Crippen molar-refractivity contribution in [3.63, 3.8) is 0 Å². The van der Waals surface area contributed by atoms with Crippen molar-refractivity contribution in [1.82, 2.24) is 4.40 Å². The van der Waals surface area contributed by atoms with Gasteiger partial charge in [-0.3, -0.25) is 9.20 Å². The van der Waals surface area contributed by atoms with E-state index in [9.17, 15) is 9.18 Å². The van der Waals surface area contributed by atoms with Crippen molar-refractivity contribution in [2.45, 2.75) is 39.4 Å². The lowest BCUT2D eigenvalue weighted by Crippen LogP contribution is -2.20. The molecule has 21 heavy (non-hydrogen) atoms. The molecule has 0 aliphatic carbocycles. The molecular weight excluding hydrogens is 287 g/mol. The summed E-state index contributed by atoms with van der Waals surface area (Å²) in [5, 5.41) is 0. The zero-order valence-electron chi connectivity index (χ0n) is 12.9. The van der Waals surface area contributed by atoms with E-state index in [4.69, 9.17) is 0 Å². The molecule has 0 fully saturated rings. The summed E-state index contributed by atoms with van der Waals surface area (Å²) in [7, 11) is 0. The Morgan fingerprint density at radius 3 is 2.62 bits per heavy atom. The predicted octanol–water partition coefficient (Wildman–Crippen LogP) is 4.00. The van der Waals surface area contributed by atoms with Gasteiger partial charge in [0, 0.05) is 27.6 Å². The fourth-order valence-electron chi connectivity index (χ4n) is 1.96. The first-order valence-corrected chi connectivity index (χ1v) is 7.51. The summed E-state index contributed by atoms with van der Waals surface area (Å²) in [6.07, 6.45) is 1.21. The molecule has 0 saturated heterocycles. The molecule has 0 saturated carbocycles. The number of pyridine rings is 2. The molecule has 0 radical (unpaired) electrons. The minimum atomic E-state index is -0.426. The minimum absolute atomic E-state index is 0.0180. The summed E-state index contributed by atoms with van der Waals surface area (Å²) < 4.78 is 19.1. The zero-order chi connectivity index (χ0) is 15.8. The fourth-order valence-corrected chi connectivity index (χ4v) is 2.47. The maximum atomic E-state index is 13.3. The Hall–Kier alpha value is -1.62. The van der Waals surface area contributed by atoms with Crippen LogP contribution < -0.4 is 5.56 Å². The van der Waals surface area contributed by atoms with Crippen molar-refractivity contribution in [3.05, 3.63) is 51.7 Å². The largest absolute Gasteiger partial charge is 0.281 e. The van der Waals surface area contributed by atoms with Crippen LogP contribution in [0.5, 0.6) is 0 Å². The molecule has 0 spiro atoms. The third kappa shape index (κ3) is 3.53. The van der Waals surface area contributed by atoms with Crippen LogP contribution >= 0.6 is 11.9 Å². The summed E-state index contributed by atoms with van der Waals surface area (Å²) in [6, 6.07) is 4.83. The second-order valence-electron chi connectivity index (χ2n) is 6.01. The van der Waals surface area contributed by atoms with E-state index in [0.29, 0.717) is 11.1 Å². The smallest absolute Gasteiger partial charge is 0.258 e.